The standard InChI is InChI=1S/C26H23N3O4S2/c1-3-29(35(31,32)23-11-9-22(33-2)10-12-23)21-8-13-24-19(16-21)17-25(34-24)26(30)28-20-6-4-18(5-7-20)14-15-27/h4-13,16-17H,3,14H2,1-2H3,(H,28,30). The predicted octanol–water partition coefficient (Wildman–Crippen LogP) is 5.44. The Bertz CT molecular complexity index is 1500. The third kappa shape index (κ3) is 5.14. The van der Waals surface area contributed by atoms with E-state index in [0.717, 1.165) is 15.6 Å². The number of fused-ring (bicyclic) bond motifs is 1. The van der Waals surface area contributed by atoms with Crippen molar-refractivity contribution in [2.24, 2.45) is 0 Å². The van der Waals surface area contributed by atoms with Gasteiger partial charge in [-0.2, -0.15) is 5.26 Å². The fourth-order valence-corrected chi connectivity index (χ4v) is 6.06. The van der Waals surface area contributed by atoms with Gasteiger partial charge in [-0.05, 0) is 78.5 Å². The number of rotatable bonds is 8. The molecule has 0 aliphatic rings. The molecule has 0 saturated heterocycles. The van der Waals surface area contributed by atoms with Gasteiger partial charge < -0.3 is 10.1 Å². The molecular weight excluding hydrogens is 482 g/mol. The zero-order valence-corrected chi connectivity index (χ0v) is 20.8. The van der Waals surface area contributed by atoms with Gasteiger partial charge in [0.1, 0.15) is 5.75 Å². The number of carbonyl (C=O) groups is 1. The molecule has 0 aliphatic heterocycles. The van der Waals surface area contributed by atoms with Crippen LogP contribution in [-0.4, -0.2) is 28.0 Å². The van der Waals surface area contributed by atoms with E-state index < -0.39 is 10.0 Å². The minimum absolute atomic E-state index is 0.173. The number of nitrogens with zero attached hydrogens (tertiary/aromatic N) is 2. The molecule has 1 aromatic heterocycles. The fraction of sp³-hybridized carbons (Fsp3) is 0.154. The van der Waals surface area contributed by atoms with Gasteiger partial charge in [-0.15, -0.1) is 11.3 Å². The number of anilines is 2. The molecule has 0 unspecified atom stereocenters. The molecule has 7 nitrogen and oxygen atoms in total. The maximum atomic E-state index is 13.3. The van der Waals surface area contributed by atoms with E-state index >= 15 is 0 Å². The van der Waals surface area contributed by atoms with Crippen LogP contribution in [0.1, 0.15) is 22.2 Å². The summed E-state index contributed by atoms with van der Waals surface area (Å²) >= 11 is 1.33. The second-order valence-corrected chi connectivity index (χ2v) is 10.6. The minimum atomic E-state index is -3.77. The van der Waals surface area contributed by atoms with Crippen molar-refractivity contribution in [3.63, 3.8) is 0 Å². The number of carbonyl (C=O) groups excluding carboxylic acids is 1. The SMILES string of the molecule is CCN(c1ccc2sc(C(=O)Nc3ccc(CC#N)cc3)cc2c1)S(=O)(=O)c1ccc(OC)cc1. The third-order valence-corrected chi connectivity index (χ3v) is 8.47. The number of thiophene rings is 1. The van der Waals surface area contributed by atoms with Crippen LogP contribution in [0.5, 0.6) is 5.75 Å². The molecule has 4 aromatic rings. The van der Waals surface area contributed by atoms with Crippen molar-refractivity contribution in [2.75, 3.05) is 23.3 Å². The Labute approximate surface area is 208 Å². The van der Waals surface area contributed by atoms with Crippen molar-refractivity contribution in [2.45, 2.75) is 18.2 Å². The monoisotopic (exact) mass is 505 g/mol. The zero-order chi connectivity index (χ0) is 25.0. The van der Waals surface area contributed by atoms with Crippen molar-refractivity contribution in [1.82, 2.24) is 0 Å². The highest BCUT2D eigenvalue weighted by Gasteiger charge is 2.24. The summed E-state index contributed by atoms with van der Waals surface area (Å²) in [6.45, 7) is 2.03. The van der Waals surface area contributed by atoms with E-state index in [1.54, 1.807) is 61.5 Å². The smallest absolute Gasteiger partial charge is 0.265 e. The number of sulfonamides is 1. The summed E-state index contributed by atoms with van der Waals surface area (Å²) in [6.07, 6.45) is 0.315. The topological polar surface area (TPSA) is 99.5 Å². The number of nitrogens with one attached hydrogen (secondary N) is 1. The average Bonchev–Trinajstić information content (AvgIpc) is 3.29. The summed E-state index contributed by atoms with van der Waals surface area (Å²) in [7, 11) is -2.25. The van der Waals surface area contributed by atoms with Gasteiger partial charge in [-0.25, -0.2) is 8.42 Å². The Balaban J connectivity index is 1.58. The lowest BCUT2D eigenvalue weighted by molar-refractivity contribution is 0.103. The van der Waals surface area contributed by atoms with Crippen molar-refractivity contribution >= 4 is 48.7 Å². The van der Waals surface area contributed by atoms with Crippen LogP contribution < -0.4 is 14.4 Å². The Morgan fingerprint density at radius 1 is 1.06 bits per heavy atom. The van der Waals surface area contributed by atoms with Crippen LogP contribution in [0.4, 0.5) is 11.4 Å². The lowest BCUT2D eigenvalue weighted by atomic mass is 10.1. The van der Waals surface area contributed by atoms with E-state index in [1.165, 1.54) is 34.9 Å². The van der Waals surface area contributed by atoms with Gasteiger partial charge in [-0.1, -0.05) is 12.1 Å². The molecule has 0 fully saturated rings. The highest BCUT2D eigenvalue weighted by atomic mass is 32.2. The average molecular weight is 506 g/mol. The van der Waals surface area contributed by atoms with E-state index in [2.05, 4.69) is 11.4 Å². The predicted molar refractivity (Wildman–Crippen MR) is 139 cm³/mol. The molecule has 1 amide bonds. The lowest BCUT2D eigenvalue weighted by Crippen LogP contribution is -2.30. The zero-order valence-electron chi connectivity index (χ0n) is 19.2. The van der Waals surface area contributed by atoms with Crippen LogP contribution in [-0.2, 0) is 16.4 Å². The normalized spacial score (nSPS) is 11.1. The van der Waals surface area contributed by atoms with Crippen molar-refractivity contribution in [1.29, 1.82) is 5.26 Å². The van der Waals surface area contributed by atoms with Crippen LogP contribution in [0.3, 0.4) is 0 Å². The number of amides is 1. The minimum Gasteiger partial charge on any atom is -0.497 e. The largest absolute Gasteiger partial charge is 0.497 e. The second kappa shape index (κ2) is 10.2. The van der Waals surface area contributed by atoms with E-state index in [4.69, 9.17) is 10.00 Å². The molecule has 0 atom stereocenters. The summed E-state index contributed by atoms with van der Waals surface area (Å²) in [5.41, 5.74) is 2.04. The number of benzene rings is 3. The van der Waals surface area contributed by atoms with Crippen LogP contribution in [0.25, 0.3) is 10.1 Å². The summed E-state index contributed by atoms with van der Waals surface area (Å²) in [5, 5.41) is 12.4. The van der Waals surface area contributed by atoms with Gasteiger partial charge in [0.2, 0.25) is 0 Å². The molecule has 0 spiro atoms. The second-order valence-electron chi connectivity index (χ2n) is 7.66. The molecule has 9 heteroatoms. The highest BCUT2D eigenvalue weighted by molar-refractivity contribution is 7.92. The summed E-state index contributed by atoms with van der Waals surface area (Å²) in [6, 6.07) is 22.6. The van der Waals surface area contributed by atoms with Crippen LogP contribution in [0.2, 0.25) is 0 Å². The van der Waals surface area contributed by atoms with Gasteiger partial charge in [0, 0.05) is 16.9 Å². The quantitative estimate of drug-likeness (QED) is 0.344. The van der Waals surface area contributed by atoms with Gasteiger partial charge in [0.15, 0.2) is 0 Å². The molecule has 3 aromatic carbocycles. The number of hydrogen-bond acceptors (Lipinski definition) is 6. The molecule has 1 heterocycles. The lowest BCUT2D eigenvalue weighted by Gasteiger charge is -2.23. The number of nitriles is 1. The maximum Gasteiger partial charge on any atom is 0.265 e. The highest BCUT2D eigenvalue weighted by Crippen LogP contribution is 2.32. The molecule has 0 radical (unpaired) electrons. The molecular formula is C26H23N3O4S2. The Morgan fingerprint density at radius 2 is 1.77 bits per heavy atom. The van der Waals surface area contributed by atoms with Gasteiger partial charge in [-0.3, -0.25) is 9.10 Å². The number of ether oxygens (including phenoxy) is 1. The molecule has 178 valence electrons. The number of methoxy groups -OCH3 is 1. The van der Waals surface area contributed by atoms with E-state index in [9.17, 15) is 13.2 Å². The first-order chi connectivity index (χ1) is 16.8. The first-order valence-corrected chi connectivity index (χ1v) is 13.1. The Morgan fingerprint density at radius 3 is 2.40 bits per heavy atom. The van der Waals surface area contributed by atoms with Gasteiger partial charge in [0.05, 0.1) is 35.1 Å². The molecule has 0 saturated carbocycles. The fourth-order valence-electron chi connectivity index (χ4n) is 3.65. The molecule has 0 bridgehead atoms. The Kier molecular flexibility index (Phi) is 7.05. The van der Waals surface area contributed by atoms with Crippen LogP contribution in [0.15, 0.2) is 77.7 Å². The maximum absolute atomic E-state index is 13.3. The molecule has 0 aliphatic carbocycles. The van der Waals surface area contributed by atoms with Crippen molar-refractivity contribution in [3.8, 4) is 11.8 Å². The van der Waals surface area contributed by atoms with Crippen LogP contribution >= 0.6 is 11.3 Å². The Hall–Kier alpha value is -3.87. The van der Waals surface area contributed by atoms with E-state index in [-0.39, 0.29) is 17.3 Å². The third-order valence-electron chi connectivity index (χ3n) is 5.44. The molecule has 35 heavy (non-hydrogen) atoms. The molecule has 4 rings (SSSR count). The summed E-state index contributed by atoms with van der Waals surface area (Å²) < 4.78 is 33.9. The van der Waals surface area contributed by atoms with Gasteiger partial charge in [0.25, 0.3) is 15.9 Å². The van der Waals surface area contributed by atoms with E-state index in [0.29, 0.717) is 28.4 Å². The van der Waals surface area contributed by atoms with Crippen molar-refractivity contribution < 1.29 is 17.9 Å². The first-order valence-electron chi connectivity index (χ1n) is 10.8. The number of hydrogen-bond donors (Lipinski definition) is 1. The molecule has 1 N–H and O–H groups in total. The summed E-state index contributed by atoms with van der Waals surface area (Å²) in [5.74, 6) is 0.328. The van der Waals surface area contributed by atoms with Crippen molar-refractivity contribution in [3.05, 3.63) is 83.2 Å². The van der Waals surface area contributed by atoms with Gasteiger partial charge >= 0.3 is 0 Å². The van der Waals surface area contributed by atoms with E-state index in [1.807, 2.05) is 6.07 Å². The first kappa shape index (κ1) is 24.3. The van der Waals surface area contributed by atoms with Crippen LogP contribution in [0, 0.1) is 11.3 Å². The summed E-state index contributed by atoms with van der Waals surface area (Å²) in [4.78, 5) is 13.5.